The predicted molar refractivity (Wildman–Crippen MR) is 70.1 cm³/mol. The lowest BCUT2D eigenvalue weighted by Gasteiger charge is -2.20. The quantitative estimate of drug-likeness (QED) is 0.762. The van der Waals surface area contributed by atoms with Crippen LogP contribution in [-0.2, 0) is 0 Å². The van der Waals surface area contributed by atoms with Crippen LogP contribution in [0.15, 0.2) is 24.3 Å². The summed E-state index contributed by atoms with van der Waals surface area (Å²) in [5.74, 6) is -0.131. The van der Waals surface area contributed by atoms with E-state index in [2.05, 4.69) is 11.6 Å². The molecule has 0 fully saturated rings. The minimum absolute atomic E-state index is 0.131. The van der Waals surface area contributed by atoms with Crippen molar-refractivity contribution in [2.75, 3.05) is 13.1 Å². The zero-order chi connectivity index (χ0) is 13.7. The van der Waals surface area contributed by atoms with Crippen molar-refractivity contribution in [2.24, 2.45) is 0 Å². The van der Waals surface area contributed by atoms with E-state index in [1.54, 1.807) is 24.0 Å². The molecule has 4 nitrogen and oxygen atoms in total. The molecule has 0 bridgehead atoms. The second-order valence-corrected chi connectivity index (χ2v) is 4.22. The first-order chi connectivity index (χ1) is 8.49. The third-order valence-corrected chi connectivity index (χ3v) is 2.56. The molecule has 0 saturated carbocycles. The van der Waals surface area contributed by atoms with E-state index < -0.39 is 0 Å². The molecule has 0 saturated heterocycles. The minimum atomic E-state index is -0.131. The lowest BCUT2D eigenvalue weighted by Crippen LogP contribution is -2.32. The molecule has 0 aliphatic carbocycles. The molecule has 0 aliphatic heterocycles. The fraction of sp³-hybridized carbons (Fsp3) is 0.357. The van der Waals surface area contributed by atoms with E-state index in [1.165, 1.54) is 0 Å². The number of aryl methyl sites for hydroxylation is 1. The molecule has 0 N–H and O–H groups in total. The third kappa shape index (κ3) is 3.17. The smallest absolute Gasteiger partial charge is 0.272 e. The Kier molecular flexibility index (Phi) is 4.61. The summed E-state index contributed by atoms with van der Waals surface area (Å²) in [6.07, 6.45) is 0. The summed E-state index contributed by atoms with van der Waals surface area (Å²) < 4.78 is 0. The van der Waals surface area contributed by atoms with Gasteiger partial charge in [0.25, 0.3) is 5.91 Å². The Labute approximate surface area is 108 Å². The van der Waals surface area contributed by atoms with Gasteiger partial charge >= 0.3 is 0 Å². The number of aromatic nitrogens is 1. The molecule has 1 aromatic heterocycles. The molecule has 0 unspecified atom stereocenters. The standard InChI is InChI=1S/C14H17N3O/c1-5-17(9-10(2)3)14(18)13-7-6-12(8-15)11(4)16-13/h6-7H,2,5,9H2,1,3-4H3. The lowest BCUT2D eigenvalue weighted by molar-refractivity contribution is 0.0772. The van der Waals surface area contributed by atoms with E-state index in [0.717, 1.165) is 5.57 Å². The van der Waals surface area contributed by atoms with Crippen molar-refractivity contribution in [1.82, 2.24) is 9.88 Å². The minimum Gasteiger partial charge on any atom is -0.334 e. The number of carbonyl (C=O) groups excluding carboxylic acids is 1. The van der Waals surface area contributed by atoms with Crippen LogP contribution in [0, 0.1) is 18.3 Å². The molecular formula is C14H17N3O. The molecule has 0 radical (unpaired) electrons. The summed E-state index contributed by atoms with van der Waals surface area (Å²) >= 11 is 0. The van der Waals surface area contributed by atoms with Crippen molar-refractivity contribution in [3.63, 3.8) is 0 Å². The van der Waals surface area contributed by atoms with Crippen molar-refractivity contribution in [2.45, 2.75) is 20.8 Å². The topological polar surface area (TPSA) is 57.0 Å². The third-order valence-electron chi connectivity index (χ3n) is 2.56. The van der Waals surface area contributed by atoms with Crippen LogP contribution in [0.3, 0.4) is 0 Å². The van der Waals surface area contributed by atoms with Gasteiger partial charge in [-0.15, -0.1) is 0 Å². The highest BCUT2D eigenvalue weighted by Crippen LogP contribution is 2.09. The second kappa shape index (κ2) is 5.97. The van der Waals surface area contributed by atoms with Crippen LogP contribution < -0.4 is 0 Å². The average molecular weight is 243 g/mol. The maximum Gasteiger partial charge on any atom is 0.272 e. The number of rotatable bonds is 4. The highest BCUT2D eigenvalue weighted by molar-refractivity contribution is 5.92. The Balaban J connectivity index is 2.99. The van der Waals surface area contributed by atoms with Crippen LogP contribution in [-0.4, -0.2) is 28.9 Å². The van der Waals surface area contributed by atoms with Gasteiger partial charge in [-0.3, -0.25) is 4.79 Å². The number of nitriles is 1. The summed E-state index contributed by atoms with van der Waals surface area (Å²) in [7, 11) is 0. The Hall–Kier alpha value is -2.15. The van der Waals surface area contributed by atoms with Gasteiger partial charge < -0.3 is 4.90 Å². The van der Waals surface area contributed by atoms with Gasteiger partial charge in [-0.2, -0.15) is 5.26 Å². The monoisotopic (exact) mass is 243 g/mol. The molecule has 94 valence electrons. The summed E-state index contributed by atoms with van der Waals surface area (Å²) in [4.78, 5) is 18.1. The normalized spacial score (nSPS) is 9.67. The largest absolute Gasteiger partial charge is 0.334 e. The number of carbonyl (C=O) groups is 1. The maximum absolute atomic E-state index is 12.2. The highest BCUT2D eigenvalue weighted by atomic mass is 16.2. The Morgan fingerprint density at radius 1 is 1.56 bits per heavy atom. The van der Waals surface area contributed by atoms with Gasteiger partial charge in [-0.1, -0.05) is 12.2 Å². The Morgan fingerprint density at radius 2 is 2.22 bits per heavy atom. The van der Waals surface area contributed by atoms with E-state index in [0.29, 0.717) is 30.0 Å². The second-order valence-electron chi connectivity index (χ2n) is 4.22. The van der Waals surface area contributed by atoms with Gasteiger partial charge in [0, 0.05) is 13.1 Å². The molecule has 0 aromatic carbocycles. The molecule has 1 amide bonds. The van der Waals surface area contributed by atoms with Gasteiger partial charge in [0.2, 0.25) is 0 Å². The fourth-order valence-corrected chi connectivity index (χ4v) is 1.61. The number of likely N-dealkylation sites (N-methyl/N-ethyl adjacent to an activating group) is 1. The van der Waals surface area contributed by atoms with Crippen LogP contribution in [0.25, 0.3) is 0 Å². The molecule has 0 atom stereocenters. The van der Waals surface area contributed by atoms with E-state index in [1.807, 2.05) is 19.9 Å². The lowest BCUT2D eigenvalue weighted by atomic mass is 10.2. The number of hydrogen-bond donors (Lipinski definition) is 0. The van der Waals surface area contributed by atoms with E-state index >= 15 is 0 Å². The Bertz CT molecular complexity index is 514. The van der Waals surface area contributed by atoms with Gasteiger partial charge in [0.1, 0.15) is 11.8 Å². The van der Waals surface area contributed by atoms with Crippen LogP contribution in [0.1, 0.15) is 35.6 Å². The van der Waals surface area contributed by atoms with Crippen LogP contribution in [0.5, 0.6) is 0 Å². The highest BCUT2D eigenvalue weighted by Gasteiger charge is 2.16. The molecule has 1 rings (SSSR count). The first-order valence-electron chi connectivity index (χ1n) is 5.81. The molecule has 1 aromatic rings. The zero-order valence-electron chi connectivity index (χ0n) is 11.0. The van der Waals surface area contributed by atoms with Gasteiger partial charge in [0.05, 0.1) is 11.3 Å². The first kappa shape index (κ1) is 13.9. The van der Waals surface area contributed by atoms with Crippen molar-refractivity contribution >= 4 is 5.91 Å². The maximum atomic E-state index is 12.2. The number of nitrogens with zero attached hydrogens (tertiary/aromatic N) is 3. The Morgan fingerprint density at radius 3 is 2.67 bits per heavy atom. The molecule has 4 heteroatoms. The predicted octanol–water partition coefficient (Wildman–Crippen LogP) is 2.30. The van der Waals surface area contributed by atoms with Crippen molar-refractivity contribution in [3.05, 3.63) is 41.2 Å². The summed E-state index contributed by atoms with van der Waals surface area (Å²) in [5.41, 5.74) is 2.37. The molecule has 18 heavy (non-hydrogen) atoms. The van der Waals surface area contributed by atoms with Crippen LogP contribution in [0.4, 0.5) is 0 Å². The SMILES string of the molecule is C=C(C)CN(CC)C(=O)c1ccc(C#N)c(C)n1. The van der Waals surface area contributed by atoms with E-state index in [-0.39, 0.29) is 5.91 Å². The van der Waals surface area contributed by atoms with Crippen LogP contribution >= 0.6 is 0 Å². The number of hydrogen-bond acceptors (Lipinski definition) is 3. The first-order valence-corrected chi connectivity index (χ1v) is 5.81. The van der Waals surface area contributed by atoms with Gasteiger partial charge in [-0.25, -0.2) is 4.98 Å². The van der Waals surface area contributed by atoms with E-state index in [4.69, 9.17) is 5.26 Å². The zero-order valence-corrected chi connectivity index (χ0v) is 11.0. The fourth-order valence-electron chi connectivity index (χ4n) is 1.61. The average Bonchev–Trinajstić information content (AvgIpc) is 2.34. The molecular weight excluding hydrogens is 226 g/mol. The molecule has 1 heterocycles. The van der Waals surface area contributed by atoms with Crippen molar-refractivity contribution < 1.29 is 4.79 Å². The van der Waals surface area contributed by atoms with Crippen molar-refractivity contribution in [1.29, 1.82) is 5.26 Å². The summed E-state index contributed by atoms with van der Waals surface area (Å²) in [5, 5.41) is 8.83. The van der Waals surface area contributed by atoms with Crippen molar-refractivity contribution in [3.8, 4) is 6.07 Å². The summed E-state index contributed by atoms with van der Waals surface area (Å²) in [6, 6.07) is 5.26. The number of pyridine rings is 1. The molecule has 0 spiro atoms. The van der Waals surface area contributed by atoms with E-state index in [9.17, 15) is 4.79 Å². The van der Waals surface area contributed by atoms with Gasteiger partial charge in [0.15, 0.2) is 0 Å². The number of amides is 1. The molecule has 0 aliphatic rings. The van der Waals surface area contributed by atoms with Gasteiger partial charge in [-0.05, 0) is 32.9 Å². The van der Waals surface area contributed by atoms with Crippen LogP contribution in [0.2, 0.25) is 0 Å². The summed E-state index contributed by atoms with van der Waals surface area (Å²) in [6.45, 7) is 10.5.